The van der Waals surface area contributed by atoms with E-state index in [1.54, 1.807) is 31.2 Å². The van der Waals surface area contributed by atoms with Crippen LogP contribution in [0.1, 0.15) is 29.2 Å². The second-order valence-corrected chi connectivity index (χ2v) is 8.83. The number of carbonyl (C=O) groups excluding carboxylic acids is 2. The van der Waals surface area contributed by atoms with Crippen molar-refractivity contribution in [3.8, 4) is 5.75 Å². The van der Waals surface area contributed by atoms with Crippen LogP contribution in [0.25, 0.3) is 5.76 Å². The second kappa shape index (κ2) is 10.9. The van der Waals surface area contributed by atoms with Gasteiger partial charge in [-0.1, -0.05) is 12.1 Å². The van der Waals surface area contributed by atoms with E-state index in [4.69, 9.17) is 9.47 Å². The van der Waals surface area contributed by atoms with E-state index >= 15 is 0 Å². The Morgan fingerprint density at radius 1 is 1.17 bits per heavy atom. The molecule has 0 unspecified atom stereocenters. The van der Waals surface area contributed by atoms with Gasteiger partial charge in [0.1, 0.15) is 11.5 Å². The fourth-order valence-electron chi connectivity index (χ4n) is 4.73. The van der Waals surface area contributed by atoms with Crippen LogP contribution in [0.3, 0.4) is 0 Å². The SMILES string of the molecule is COc1ccc(C(O)=C2C(=O)C(=O)N(CCCN3CCOCC3)[C@@H]2c2cccc([N+](=O)[O-])c2)c(C)c1. The zero-order valence-electron chi connectivity index (χ0n) is 20.3. The van der Waals surface area contributed by atoms with E-state index in [1.165, 1.54) is 30.2 Å². The number of aliphatic hydroxyl groups excluding tert-OH is 1. The van der Waals surface area contributed by atoms with Crippen LogP contribution in [-0.4, -0.2) is 78.0 Å². The Labute approximate surface area is 208 Å². The van der Waals surface area contributed by atoms with E-state index in [0.29, 0.717) is 48.6 Å². The third kappa shape index (κ3) is 5.09. The average Bonchev–Trinajstić information content (AvgIpc) is 3.14. The predicted octanol–water partition coefficient (Wildman–Crippen LogP) is 3.06. The molecule has 0 saturated carbocycles. The number of Topliss-reactive ketones (excluding diaryl/α,β-unsaturated/α-hetero) is 1. The summed E-state index contributed by atoms with van der Waals surface area (Å²) in [7, 11) is 1.53. The molecule has 36 heavy (non-hydrogen) atoms. The number of likely N-dealkylation sites (tertiary alicyclic amines) is 1. The van der Waals surface area contributed by atoms with Gasteiger partial charge < -0.3 is 19.5 Å². The summed E-state index contributed by atoms with van der Waals surface area (Å²) in [4.78, 5) is 40.9. The number of carbonyl (C=O) groups is 2. The van der Waals surface area contributed by atoms with E-state index in [9.17, 15) is 24.8 Å². The number of amides is 1. The molecule has 1 amide bonds. The number of methoxy groups -OCH3 is 1. The van der Waals surface area contributed by atoms with Crippen molar-refractivity contribution in [1.82, 2.24) is 9.80 Å². The van der Waals surface area contributed by atoms with Crippen molar-refractivity contribution in [3.05, 3.63) is 74.8 Å². The Balaban J connectivity index is 1.74. The van der Waals surface area contributed by atoms with Crippen molar-refractivity contribution in [3.63, 3.8) is 0 Å². The lowest BCUT2D eigenvalue weighted by Crippen LogP contribution is -2.39. The molecule has 0 radical (unpaired) electrons. The van der Waals surface area contributed by atoms with E-state index in [2.05, 4.69) is 4.90 Å². The Morgan fingerprint density at radius 3 is 2.58 bits per heavy atom. The molecule has 2 heterocycles. The zero-order chi connectivity index (χ0) is 25.8. The average molecular weight is 496 g/mol. The van der Waals surface area contributed by atoms with Crippen LogP contribution in [-0.2, 0) is 14.3 Å². The third-order valence-corrected chi connectivity index (χ3v) is 6.60. The van der Waals surface area contributed by atoms with Gasteiger partial charge >= 0.3 is 0 Å². The molecule has 2 aliphatic rings. The van der Waals surface area contributed by atoms with E-state index in [1.807, 2.05) is 0 Å². The van der Waals surface area contributed by atoms with Crippen molar-refractivity contribution in [2.75, 3.05) is 46.5 Å². The number of benzene rings is 2. The summed E-state index contributed by atoms with van der Waals surface area (Å²) >= 11 is 0. The molecule has 1 N–H and O–H groups in total. The van der Waals surface area contributed by atoms with E-state index < -0.39 is 22.7 Å². The van der Waals surface area contributed by atoms with Crippen molar-refractivity contribution in [1.29, 1.82) is 0 Å². The van der Waals surface area contributed by atoms with Gasteiger partial charge in [0.05, 0.1) is 36.9 Å². The van der Waals surface area contributed by atoms with Crippen LogP contribution in [0.4, 0.5) is 5.69 Å². The molecule has 10 nitrogen and oxygen atoms in total. The molecule has 190 valence electrons. The molecule has 2 saturated heterocycles. The number of nitro benzene ring substituents is 1. The number of aryl methyl sites for hydroxylation is 1. The van der Waals surface area contributed by atoms with Crippen molar-refractivity contribution < 1.29 is 29.1 Å². The molecular weight excluding hydrogens is 466 g/mol. The first-order valence-corrected chi connectivity index (χ1v) is 11.8. The zero-order valence-corrected chi connectivity index (χ0v) is 20.3. The number of hydrogen-bond donors (Lipinski definition) is 1. The number of morpholine rings is 1. The Hall–Kier alpha value is -3.76. The molecule has 1 atom stereocenters. The molecule has 0 spiro atoms. The highest BCUT2D eigenvalue weighted by molar-refractivity contribution is 6.46. The summed E-state index contributed by atoms with van der Waals surface area (Å²) < 4.78 is 10.6. The maximum Gasteiger partial charge on any atom is 0.295 e. The predicted molar refractivity (Wildman–Crippen MR) is 132 cm³/mol. The molecule has 4 rings (SSSR count). The van der Waals surface area contributed by atoms with Crippen LogP contribution in [0.2, 0.25) is 0 Å². The van der Waals surface area contributed by atoms with Gasteiger partial charge in [0.25, 0.3) is 17.4 Å². The fourth-order valence-corrected chi connectivity index (χ4v) is 4.73. The largest absolute Gasteiger partial charge is 0.507 e. The maximum absolute atomic E-state index is 13.2. The second-order valence-electron chi connectivity index (χ2n) is 8.83. The lowest BCUT2D eigenvalue weighted by Gasteiger charge is -2.29. The molecular formula is C26H29N3O7. The number of nitrogens with zero attached hydrogens (tertiary/aromatic N) is 3. The van der Waals surface area contributed by atoms with Crippen LogP contribution in [0, 0.1) is 17.0 Å². The van der Waals surface area contributed by atoms with Gasteiger partial charge in [0.2, 0.25) is 0 Å². The Kier molecular flexibility index (Phi) is 7.66. The number of nitro groups is 1. The minimum atomic E-state index is -0.948. The molecule has 2 aromatic rings. The van der Waals surface area contributed by atoms with Gasteiger partial charge in [0.15, 0.2) is 0 Å². The Bertz CT molecular complexity index is 1200. The fraction of sp³-hybridized carbons (Fsp3) is 0.385. The summed E-state index contributed by atoms with van der Waals surface area (Å²) in [6.07, 6.45) is 0.597. The molecule has 0 aliphatic carbocycles. The number of non-ortho nitro benzene ring substituents is 1. The molecule has 0 aromatic heterocycles. The van der Waals surface area contributed by atoms with Crippen LogP contribution < -0.4 is 4.74 Å². The van der Waals surface area contributed by atoms with Gasteiger partial charge in [-0.2, -0.15) is 0 Å². The molecule has 10 heteroatoms. The lowest BCUT2D eigenvalue weighted by molar-refractivity contribution is -0.384. The normalized spacial score (nSPS) is 20.1. The van der Waals surface area contributed by atoms with Gasteiger partial charge in [-0.05, 0) is 42.7 Å². The minimum absolute atomic E-state index is 0.0832. The highest BCUT2D eigenvalue weighted by atomic mass is 16.6. The highest BCUT2D eigenvalue weighted by Crippen LogP contribution is 2.41. The standard InChI is InChI=1S/C26H29N3O7/c1-17-15-20(35-2)7-8-21(17)24(30)22-23(18-5-3-6-19(16-18)29(33)34)28(26(32)25(22)31)10-4-9-27-11-13-36-14-12-27/h3,5-8,15-16,23,30H,4,9-14H2,1-2H3/t23-/m1/s1. The summed E-state index contributed by atoms with van der Waals surface area (Å²) in [5, 5.41) is 22.7. The van der Waals surface area contributed by atoms with Crippen LogP contribution in [0.5, 0.6) is 5.75 Å². The number of ketones is 1. The summed E-state index contributed by atoms with van der Waals surface area (Å²) in [5.74, 6) is -1.28. The number of aliphatic hydroxyl groups is 1. The Morgan fingerprint density at radius 2 is 1.92 bits per heavy atom. The highest BCUT2D eigenvalue weighted by Gasteiger charge is 2.46. The summed E-state index contributed by atoms with van der Waals surface area (Å²) in [5.41, 5.74) is 1.19. The van der Waals surface area contributed by atoms with Gasteiger partial charge in [-0.15, -0.1) is 0 Å². The summed E-state index contributed by atoms with van der Waals surface area (Å²) in [6.45, 7) is 5.63. The first-order valence-electron chi connectivity index (χ1n) is 11.8. The smallest absolute Gasteiger partial charge is 0.295 e. The van der Waals surface area contributed by atoms with Crippen molar-refractivity contribution >= 4 is 23.1 Å². The number of ether oxygens (including phenoxy) is 2. The number of hydrogen-bond acceptors (Lipinski definition) is 8. The quantitative estimate of drug-likeness (QED) is 0.195. The summed E-state index contributed by atoms with van der Waals surface area (Å²) in [6, 6.07) is 9.89. The van der Waals surface area contributed by atoms with Crippen molar-refractivity contribution in [2.45, 2.75) is 19.4 Å². The molecule has 0 bridgehead atoms. The monoisotopic (exact) mass is 495 g/mol. The molecule has 2 fully saturated rings. The first kappa shape index (κ1) is 25.3. The molecule has 2 aromatic carbocycles. The maximum atomic E-state index is 13.2. The van der Waals surface area contributed by atoms with E-state index in [0.717, 1.165) is 13.1 Å². The number of rotatable bonds is 8. The van der Waals surface area contributed by atoms with Crippen LogP contribution >= 0.6 is 0 Å². The lowest BCUT2D eigenvalue weighted by atomic mass is 9.93. The van der Waals surface area contributed by atoms with Gasteiger partial charge in [-0.3, -0.25) is 24.6 Å². The topological polar surface area (TPSA) is 122 Å². The van der Waals surface area contributed by atoms with Crippen LogP contribution in [0.15, 0.2) is 48.0 Å². The van der Waals surface area contributed by atoms with Gasteiger partial charge in [0, 0.05) is 43.9 Å². The van der Waals surface area contributed by atoms with Gasteiger partial charge in [-0.25, -0.2) is 0 Å². The molecule has 2 aliphatic heterocycles. The first-order chi connectivity index (χ1) is 17.3. The van der Waals surface area contributed by atoms with Crippen molar-refractivity contribution in [2.24, 2.45) is 0 Å². The third-order valence-electron chi connectivity index (χ3n) is 6.60. The van der Waals surface area contributed by atoms with E-state index in [-0.39, 0.29) is 23.6 Å². The minimum Gasteiger partial charge on any atom is -0.507 e.